The number of hydrogen-bond acceptors (Lipinski definition) is 11. The molecule has 2 aliphatic heterocycles. The Morgan fingerprint density at radius 1 is 1.08 bits per heavy atom. The number of carbonyl (C=O) groups is 1. The highest BCUT2D eigenvalue weighted by atomic mass is 35.5. The predicted molar refractivity (Wildman–Crippen MR) is 239 cm³/mol. The third kappa shape index (κ3) is 9.40. The van der Waals surface area contributed by atoms with E-state index in [1.807, 2.05) is 22.9 Å². The van der Waals surface area contributed by atoms with Gasteiger partial charge in [-0.2, -0.15) is 0 Å². The maximum absolute atomic E-state index is 15.5. The van der Waals surface area contributed by atoms with Crippen molar-refractivity contribution < 1.29 is 32.0 Å². The van der Waals surface area contributed by atoms with Crippen molar-refractivity contribution in [2.75, 3.05) is 56.2 Å². The molecule has 17 heteroatoms. The van der Waals surface area contributed by atoms with E-state index in [2.05, 4.69) is 44.1 Å². The minimum Gasteiger partial charge on any atom is -0.455 e. The highest BCUT2D eigenvalue weighted by Crippen LogP contribution is 2.58. The second-order valence-corrected chi connectivity index (χ2v) is 19.4. The minimum absolute atomic E-state index is 0.0616. The number of benzene rings is 3. The highest BCUT2D eigenvalue weighted by Gasteiger charge is 2.45. The Morgan fingerprint density at radius 3 is 2.62 bits per heavy atom. The molecule has 3 aromatic carbocycles. The topological polar surface area (TPSA) is 172 Å². The summed E-state index contributed by atoms with van der Waals surface area (Å²) in [5.41, 5.74) is 4.71. The molecule has 0 unspecified atom stereocenters. The Labute approximate surface area is 370 Å². The van der Waals surface area contributed by atoms with Gasteiger partial charge in [0.25, 0.3) is 21.6 Å². The maximum atomic E-state index is 15.5. The van der Waals surface area contributed by atoms with E-state index in [1.165, 1.54) is 48.2 Å². The number of sulfonamides is 1. The van der Waals surface area contributed by atoms with E-state index in [0.29, 0.717) is 62.0 Å². The van der Waals surface area contributed by atoms with Crippen LogP contribution in [0, 0.1) is 27.3 Å². The molecule has 2 saturated heterocycles. The number of carbonyl (C=O) groups excluding carboxylic acids is 1. The monoisotopic (exact) mass is 897 g/mol. The normalized spacial score (nSPS) is 19.3. The van der Waals surface area contributed by atoms with Gasteiger partial charge in [0.05, 0.1) is 21.6 Å². The number of aromatic nitrogens is 2. The second-order valence-electron chi connectivity index (χ2n) is 17.3. The van der Waals surface area contributed by atoms with Gasteiger partial charge in [-0.05, 0) is 117 Å². The van der Waals surface area contributed by atoms with Crippen LogP contribution >= 0.6 is 11.6 Å². The van der Waals surface area contributed by atoms with Crippen molar-refractivity contribution in [2.24, 2.45) is 11.3 Å². The SMILES string of the molecule is C[C@@H]1CN(c2ccc(C(=O)NS(=O)(=O)c3cc(F)c(NCC4CCOCC4)c([N+](=O)[O-])c3)c(Oc3cnc4[nH]ccc4c3)c2)CCN1CC1=C(c2ccc(Cl)cc2)CCC2(CC2)C1. The number of H-pyrrole nitrogens is 1. The molecule has 4 aliphatic rings. The Balaban J connectivity index is 0.953. The number of piperazine rings is 1. The first-order valence-corrected chi connectivity index (χ1v) is 23.3. The zero-order chi connectivity index (χ0) is 43.9. The fourth-order valence-electron chi connectivity index (χ4n) is 9.24. The Kier molecular flexibility index (Phi) is 11.9. The second kappa shape index (κ2) is 17.5. The third-order valence-corrected chi connectivity index (χ3v) is 14.7. The fourth-order valence-corrected chi connectivity index (χ4v) is 10.4. The van der Waals surface area contributed by atoms with Gasteiger partial charge in [0, 0.05) is 86.4 Å². The molecule has 2 aliphatic carbocycles. The third-order valence-electron chi connectivity index (χ3n) is 13.1. The Morgan fingerprint density at radius 2 is 1.87 bits per heavy atom. The van der Waals surface area contributed by atoms with E-state index >= 15 is 4.39 Å². The van der Waals surface area contributed by atoms with Gasteiger partial charge in [-0.3, -0.25) is 19.8 Å². The van der Waals surface area contributed by atoms with Gasteiger partial charge >= 0.3 is 0 Å². The van der Waals surface area contributed by atoms with Crippen LogP contribution in [-0.2, 0) is 14.8 Å². The number of nitro benzene ring substituents is 1. The standard InChI is InChI=1S/C46H49ClFN7O7S/c1-29-27-54(17-16-53(29)28-33-24-46(13-14-46)12-8-38(33)31-2-4-34(47)5-3-31)35-6-7-39(42(21-35)62-36-20-32-9-15-49-44(32)51-26-36)45(56)52-63(59,60)37-22-40(48)43(41(23-37)55(57)58)50-25-30-10-18-61-19-11-30/h2-7,9,15,20-23,26,29-30,50H,8,10-14,16-19,24-25,27-28H2,1H3,(H,49,51)(H,52,56)/t29-/m1/s1. The molecule has 1 amide bonds. The lowest BCUT2D eigenvalue weighted by Crippen LogP contribution is -2.52. The van der Waals surface area contributed by atoms with E-state index < -0.39 is 42.9 Å². The summed E-state index contributed by atoms with van der Waals surface area (Å²) in [7, 11) is -4.82. The van der Waals surface area contributed by atoms with Crippen LogP contribution in [-0.4, -0.2) is 86.1 Å². The number of nitrogens with one attached hydrogen (secondary N) is 3. The van der Waals surface area contributed by atoms with Gasteiger partial charge in [-0.15, -0.1) is 0 Å². The van der Waals surface area contributed by atoms with Crippen LogP contribution < -0.4 is 19.7 Å². The van der Waals surface area contributed by atoms with Crippen molar-refractivity contribution in [1.82, 2.24) is 19.6 Å². The van der Waals surface area contributed by atoms with Crippen LogP contribution in [0.25, 0.3) is 16.6 Å². The molecule has 2 aromatic heterocycles. The lowest BCUT2D eigenvalue weighted by molar-refractivity contribution is -0.384. The van der Waals surface area contributed by atoms with Crippen LogP contribution in [0.1, 0.15) is 67.8 Å². The number of ether oxygens (including phenoxy) is 2. The first kappa shape index (κ1) is 42.7. The fraction of sp³-hybridized carbons (Fsp3) is 0.391. The van der Waals surface area contributed by atoms with E-state index in [0.717, 1.165) is 48.1 Å². The van der Waals surface area contributed by atoms with Gasteiger partial charge in [0.15, 0.2) is 5.82 Å². The van der Waals surface area contributed by atoms with Crippen LogP contribution in [0.2, 0.25) is 5.02 Å². The summed E-state index contributed by atoms with van der Waals surface area (Å²) in [6.07, 6.45) is 10.6. The summed E-state index contributed by atoms with van der Waals surface area (Å²) in [6.45, 7) is 6.59. The van der Waals surface area contributed by atoms with Gasteiger partial charge < -0.3 is 24.7 Å². The van der Waals surface area contributed by atoms with Crippen molar-refractivity contribution in [3.8, 4) is 11.5 Å². The van der Waals surface area contributed by atoms with Crippen LogP contribution in [0.5, 0.6) is 11.5 Å². The number of rotatable bonds is 13. The zero-order valence-electron chi connectivity index (χ0n) is 34.9. The maximum Gasteiger partial charge on any atom is 0.296 e. The number of pyridine rings is 1. The van der Waals surface area contributed by atoms with Gasteiger partial charge in [-0.1, -0.05) is 29.3 Å². The lowest BCUT2D eigenvalue weighted by atomic mass is 9.78. The van der Waals surface area contributed by atoms with E-state index in [-0.39, 0.29) is 29.8 Å². The van der Waals surface area contributed by atoms with Crippen molar-refractivity contribution in [3.05, 3.63) is 117 Å². The lowest BCUT2D eigenvalue weighted by Gasteiger charge is -2.42. The van der Waals surface area contributed by atoms with Crippen molar-refractivity contribution >= 4 is 61.2 Å². The molecule has 9 rings (SSSR count). The molecule has 5 aromatic rings. The predicted octanol–water partition coefficient (Wildman–Crippen LogP) is 8.94. The number of fused-ring (bicyclic) bond motifs is 1. The molecule has 1 saturated carbocycles. The number of nitrogens with zero attached hydrogens (tertiary/aromatic N) is 4. The molecule has 330 valence electrons. The van der Waals surface area contributed by atoms with E-state index in [1.54, 1.807) is 24.4 Å². The quantitative estimate of drug-likeness (QED) is 0.0761. The van der Waals surface area contributed by atoms with E-state index in [9.17, 15) is 23.3 Å². The number of hydrogen-bond donors (Lipinski definition) is 3. The number of halogens is 2. The molecular weight excluding hydrogens is 849 g/mol. The molecule has 3 fully saturated rings. The summed E-state index contributed by atoms with van der Waals surface area (Å²) in [6, 6.07) is 18.3. The van der Waals surface area contributed by atoms with Gasteiger partial charge in [0.1, 0.15) is 22.8 Å². The minimum atomic E-state index is -4.82. The van der Waals surface area contributed by atoms with Crippen molar-refractivity contribution in [1.29, 1.82) is 0 Å². The Bertz CT molecular complexity index is 2700. The average molecular weight is 898 g/mol. The molecular formula is C46H49ClFN7O7S. The summed E-state index contributed by atoms with van der Waals surface area (Å²) < 4.78 is 56.6. The van der Waals surface area contributed by atoms with Crippen molar-refractivity contribution in [2.45, 2.75) is 62.8 Å². The largest absolute Gasteiger partial charge is 0.455 e. The molecule has 14 nitrogen and oxygen atoms in total. The molecule has 0 bridgehead atoms. The zero-order valence-corrected chi connectivity index (χ0v) is 36.4. The number of nitro groups is 1. The summed E-state index contributed by atoms with van der Waals surface area (Å²) in [5, 5.41) is 16.4. The molecule has 4 heterocycles. The van der Waals surface area contributed by atoms with Crippen LogP contribution in [0.15, 0.2) is 89.6 Å². The number of aromatic amines is 1. The van der Waals surface area contributed by atoms with Crippen molar-refractivity contribution in [3.63, 3.8) is 0 Å². The van der Waals surface area contributed by atoms with E-state index in [4.69, 9.17) is 21.1 Å². The molecule has 63 heavy (non-hydrogen) atoms. The average Bonchev–Trinajstić information content (AvgIpc) is 3.84. The van der Waals surface area contributed by atoms with Gasteiger partial charge in [-0.25, -0.2) is 22.5 Å². The number of amides is 1. The number of allylic oxidation sites excluding steroid dienone is 1. The molecule has 0 radical (unpaired) electrons. The summed E-state index contributed by atoms with van der Waals surface area (Å²) >= 11 is 6.25. The Hall–Kier alpha value is -5.55. The molecule has 1 atom stereocenters. The van der Waals surface area contributed by atoms with Crippen LogP contribution in [0.4, 0.5) is 21.5 Å². The smallest absolute Gasteiger partial charge is 0.296 e. The summed E-state index contributed by atoms with van der Waals surface area (Å²) in [4.78, 5) is 36.6. The van der Waals surface area contributed by atoms with Crippen LogP contribution in [0.3, 0.4) is 0 Å². The van der Waals surface area contributed by atoms with Gasteiger partial charge in [0.2, 0.25) is 0 Å². The molecule has 1 spiro atoms. The highest BCUT2D eigenvalue weighted by molar-refractivity contribution is 7.90. The number of anilines is 2. The first-order chi connectivity index (χ1) is 30.3. The molecule has 3 N–H and O–H groups in total. The summed E-state index contributed by atoms with van der Waals surface area (Å²) in [5.74, 6) is -1.73. The first-order valence-electron chi connectivity index (χ1n) is 21.4.